The molecule has 1 saturated heterocycles. The normalized spacial score (nSPS) is 15.4. The van der Waals surface area contributed by atoms with Crippen LogP contribution in [0.4, 0.5) is 4.79 Å². The van der Waals surface area contributed by atoms with Gasteiger partial charge in [-0.25, -0.2) is 4.79 Å². The minimum absolute atomic E-state index is 0.153. The second-order valence-electron chi connectivity index (χ2n) is 8.23. The van der Waals surface area contributed by atoms with Gasteiger partial charge in [-0.05, 0) is 36.4 Å². The summed E-state index contributed by atoms with van der Waals surface area (Å²) in [6.07, 6.45) is 0.883. The van der Waals surface area contributed by atoms with Crippen LogP contribution in [0.15, 0.2) is 91.0 Å². The number of carbonyl (C=O) groups excluding carboxylic acids is 2. The molecular formula is C28H31NO5PS+. The van der Waals surface area contributed by atoms with E-state index >= 15 is 0 Å². The van der Waals surface area contributed by atoms with Crippen molar-refractivity contribution in [3.05, 3.63) is 91.0 Å². The molecule has 1 heterocycles. The summed E-state index contributed by atoms with van der Waals surface area (Å²) in [5, 5.41) is 6.38. The molecule has 0 unspecified atom stereocenters. The summed E-state index contributed by atoms with van der Waals surface area (Å²) in [5.41, 5.74) is 0. The zero-order valence-corrected chi connectivity index (χ0v) is 21.8. The zero-order chi connectivity index (χ0) is 25.1. The van der Waals surface area contributed by atoms with Crippen molar-refractivity contribution in [3.8, 4) is 0 Å². The molecule has 1 fully saturated rings. The number of hydrogen-bond acceptors (Lipinski definition) is 6. The Hall–Kier alpha value is -2.70. The third-order valence-electron chi connectivity index (χ3n) is 5.96. The van der Waals surface area contributed by atoms with Crippen LogP contribution < -0.4 is 21.2 Å². The summed E-state index contributed by atoms with van der Waals surface area (Å²) in [6, 6.07) is 31.6. The zero-order valence-electron chi connectivity index (χ0n) is 20.1. The molecule has 1 aliphatic rings. The van der Waals surface area contributed by atoms with Crippen LogP contribution in [0.25, 0.3) is 0 Å². The maximum absolute atomic E-state index is 11.9. The predicted molar refractivity (Wildman–Crippen MR) is 147 cm³/mol. The van der Waals surface area contributed by atoms with Crippen LogP contribution in [0.5, 0.6) is 0 Å². The van der Waals surface area contributed by atoms with Crippen LogP contribution in [-0.2, 0) is 19.0 Å². The molecule has 0 bridgehead atoms. The van der Waals surface area contributed by atoms with Gasteiger partial charge < -0.3 is 19.5 Å². The summed E-state index contributed by atoms with van der Waals surface area (Å²) in [4.78, 5) is 23.1. The van der Waals surface area contributed by atoms with Gasteiger partial charge in [0.25, 0.3) is 5.24 Å². The lowest BCUT2D eigenvalue weighted by Gasteiger charge is -2.27. The van der Waals surface area contributed by atoms with Crippen LogP contribution in [0.1, 0.15) is 0 Å². The largest absolute Gasteiger partial charge is 0.462 e. The fraction of sp³-hybridized carbons (Fsp3) is 0.286. The Morgan fingerprint density at radius 1 is 0.750 bits per heavy atom. The van der Waals surface area contributed by atoms with Gasteiger partial charge in [-0.1, -0.05) is 66.4 Å². The maximum atomic E-state index is 11.9. The number of rotatable bonds is 13. The molecule has 6 nitrogen and oxygen atoms in total. The first-order valence-corrected chi connectivity index (χ1v) is 15.0. The Balaban J connectivity index is 1.30. The molecule has 1 N–H and O–H groups in total. The number of carbonyl (C=O) groups is 2. The van der Waals surface area contributed by atoms with Crippen molar-refractivity contribution in [3.63, 3.8) is 0 Å². The van der Waals surface area contributed by atoms with E-state index in [1.807, 2.05) is 0 Å². The highest BCUT2D eigenvalue weighted by molar-refractivity contribution is 8.14. The number of esters is 1. The van der Waals surface area contributed by atoms with Crippen LogP contribution in [0.2, 0.25) is 0 Å². The molecular weight excluding hydrogens is 493 g/mol. The van der Waals surface area contributed by atoms with Gasteiger partial charge in [0.15, 0.2) is 0 Å². The van der Waals surface area contributed by atoms with Gasteiger partial charge in [0, 0.05) is 5.75 Å². The summed E-state index contributed by atoms with van der Waals surface area (Å²) in [7, 11) is -1.90. The van der Waals surface area contributed by atoms with E-state index in [-0.39, 0.29) is 18.5 Å². The Kier molecular flexibility index (Phi) is 9.93. The maximum Gasteiger partial charge on any atom is 0.329 e. The molecule has 1 aliphatic heterocycles. The van der Waals surface area contributed by atoms with Gasteiger partial charge >= 0.3 is 5.97 Å². The number of hydrogen-bond donors (Lipinski definition) is 1. The third-order valence-corrected chi connectivity index (χ3v) is 11.2. The monoisotopic (exact) mass is 524 g/mol. The van der Waals surface area contributed by atoms with E-state index in [4.69, 9.17) is 14.2 Å². The summed E-state index contributed by atoms with van der Waals surface area (Å²) in [6.45, 7) is 1.92. The third kappa shape index (κ3) is 6.74. The van der Waals surface area contributed by atoms with Crippen molar-refractivity contribution in [2.24, 2.45) is 0 Å². The van der Waals surface area contributed by atoms with Gasteiger partial charge in [-0.2, -0.15) is 0 Å². The molecule has 3 aromatic carbocycles. The number of thioether (sulfide) groups is 1. The fourth-order valence-corrected chi connectivity index (χ4v) is 9.10. The lowest BCUT2D eigenvalue weighted by atomic mass is 10.3. The highest BCUT2D eigenvalue weighted by Crippen LogP contribution is 2.54. The Morgan fingerprint density at radius 2 is 1.22 bits per heavy atom. The molecule has 0 radical (unpaired) electrons. The lowest BCUT2D eigenvalue weighted by molar-refractivity contribution is -0.146. The van der Waals surface area contributed by atoms with E-state index in [1.165, 1.54) is 15.9 Å². The van der Waals surface area contributed by atoms with E-state index in [2.05, 4.69) is 96.3 Å². The molecule has 1 amide bonds. The summed E-state index contributed by atoms with van der Waals surface area (Å²) < 4.78 is 16.8. The molecule has 4 rings (SSSR count). The molecule has 0 aromatic heterocycles. The van der Waals surface area contributed by atoms with Gasteiger partial charge in [0.05, 0.1) is 32.6 Å². The first kappa shape index (κ1) is 26.4. The fourth-order valence-electron chi connectivity index (χ4n) is 4.22. The smallest absolute Gasteiger partial charge is 0.329 e. The predicted octanol–water partition coefficient (Wildman–Crippen LogP) is 3.38. The average Bonchev–Trinajstić information content (AvgIpc) is 3.38. The molecule has 1 atom stereocenters. The van der Waals surface area contributed by atoms with Crippen molar-refractivity contribution < 1.29 is 23.8 Å². The molecule has 8 heteroatoms. The minimum Gasteiger partial charge on any atom is -0.462 e. The first-order valence-electron chi connectivity index (χ1n) is 12.0. The molecule has 0 saturated carbocycles. The van der Waals surface area contributed by atoms with E-state index < -0.39 is 19.3 Å². The molecule has 3 aromatic rings. The first-order chi connectivity index (χ1) is 17.7. The van der Waals surface area contributed by atoms with Gasteiger partial charge in [0.1, 0.15) is 35.8 Å². The molecule has 0 aliphatic carbocycles. The molecule has 0 spiro atoms. The van der Waals surface area contributed by atoms with Gasteiger partial charge in [-0.3, -0.25) is 4.79 Å². The highest BCUT2D eigenvalue weighted by atomic mass is 32.2. The SMILES string of the molecule is O=C1N[C@H](C(=O)OCCOCCOCC[P+](c2ccccc2)(c2ccccc2)c2ccccc2)CS1. The van der Waals surface area contributed by atoms with Crippen molar-refractivity contribution in [1.82, 2.24) is 5.32 Å². The average molecular weight is 525 g/mol. The quantitative estimate of drug-likeness (QED) is 0.210. The van der Waals surface area contributed by atoms with Gasteiger partial charge in [-0.15, -0.1) is 0 Å². The standard InChI is InChI=1S/C28H30NO5PS/c30-27(26-22-36-28(31)29-26)34-19-18-32-16-17-33-20-21-35(23-10-4-1-5-11-23,24-12-6-2-7-13-24)25-14-8-3-9-15-25/h1-15,26H,16-22H2/p+1/t26-/m0/s1. The van der Waals surface area contributed by atoms with E-state index in [9.17, 15) is 9.59 Å². The van der Waals surface area contributed by atoms with E-state index in [0.29, 0.717) is 25.6 Å². The van der Waals surface area contributed by atoms with E-state index in [0.717, 1.165) is 17.9 Å². The molecule has 188 valence electrons. The lowest BCUT2D eigenvalue weighted by Crippen LogP contribution is -2.36. The highest BCUT2D eigenvalue weighted by Gasteiger charge is 2.44. The van der Waals surface area contributed by atoms with Crippen LogP contribution >= 0.6 is 19.0 Å². The second-order valence-corrected chi connectivity index (χ2v) is 12.8. The summed E-state index contributed by atoms with van der Waals surface area (Å²) in [5.74, 6) is -0.0120. The topological polar surface area (TPSA) is 73.9 Å². The Labute approximate surface area is 217 Å². The summed E-state index contributed by atoms with van der Waals surface area (Å²) >= 11 is 1.09. The number of benzene rings is 3. The minimum atomic E-state index is -1.90. The number of ether oxygens (including phenoxy) is 3. The van der Waals surface area contributed by atoms with Crippen molar-refractivity contribution in [2.45, 2.75) is 6.04 Å². The van der Waals surface area contributed by atoms with Crippen molar-refractivity contribution in [1.29, 1.82) is 0 Å². The Bertz CT molecular complexity index is 1000. The second kappa shape index (κ2) is 13.6. The van der Waals surface area contributed by atoms with E-state index in [1.54, 1.807) is 0 Å². The molecule has 36 heavy (non-hydrogen) atoms. The van der Waals surface area contributed by atoms with Crippen molar-refractivity contribution >= 4 is 46.1 Å². The van der Waals surface area contributed by atoms with Crippen LogP contribution in [0.3, 0.4) is 0 Å². The van der Waals surface area contributed by atoms with Crippen LogP contribution in [0, 0.1) is 0 Å². The van der Waals surface area contributed by atoms with Gasteiger partial charge in [0.2, 0.25) is 0 Å². The Morgan fingerprint density at radius 3 is 1.69 bits per heavy atom. The van der Waals surface area contributed by atoms with Crippen LogP contribution in [-0.4, -0.2) is 62.2 Å². The number of amides is 1. The van der Waals surface area contributed by atoms with Crippen molar-refractivity contribution in [2.75, 3.05) is 44.9 Å². The number of nitrogens with one attached hydrogen (secondary N) is 1.